The highest BCUT2D eigenvalue weighted by Gasteiger charge is 2.14. The number of hydrogen-bond donors (Lipinski definition) is 2. The zero-order valence-corrected chi connectivity index (χ0v) is 16.9. The molecular formula is C21H16Cl2N2O2S. The van der Waals surface area contributed by atoms with Crippen molar-refractivity contribution in [2.45, 2.75) is 6.42 Å². The first-order valence-electron chi connectivity index (χ1n) is 8.34. The second-order valence-electron chi connectivity index (χ2n) is 5.89. The van der Waals surface area contributed by atoms with Crippen LogP contribution in [0.5, 0.6) is 5.75 Å². The molecule has 28 heavy (non-hydrogen) atoms. The zero-order valence-electron chi connectivity index (χ0n) is 14.6. The molecule has 3 rings (SSSR count). The molecule has 0 aliphatic carbocycles. The van der Waals surface area contributed by atoms with Crippen LogP contribution in [-0.4, -0.2) is 11.0 Å². The van der Waals surface area contributed by atoms with Crippen molar-refractivity contribution in [3.8, 4) is 5.75 Å². The first-order chi connectivity index (χ1) is 13.5. The van der Waals surface area contributed by atoms with Crippen LogP contribution in [0.15, 0.2) is 66.7 Å². The molecule has 0 bridgehead atoms. The van der Waals surface area contributed by atoms with Crippen molar-refractivity contribution >= 4 is 57.8 Å². The van der Waals surface area contributed by atoms with E-state index in [4.69, 9.17) is 45.9 Å². The van der Waals surface area contributed by atoms with Gasteiger partial charge in [-0.2, -0.15) is 0 Å². The Morgan fingerprint density at radius 3 is 2.32 bits per heavy atom. The number of para-hydroxylation sites is 3. The van der Waals surface area contributed by atoms with Crippen LogP contribution in [-0.2, 0) is 11.2 Å². The van der Waals surface area contributed by atoms with Crippen molar-refractivity contribution in [2.24, 2.45) is 5.73 Å². The molecule has 0 spiro atoms. The van der Waals surface area contributed by atoms with Crippen LogP contribution in [0, 0.1) is 0 Å². The van der Waals surface area contributed by atoms with Crippen molar-refractivity contribution in [1.29, 1.82) is 0 Å². The van der Waals surface area contributed by atoms with Crippen LogP contribution >= 0.6 is 35.4 Å². The Morgan fingerprint density at radius 2 is 1.61 bits per heavy atom. The van der Waals surface area contributed by atoms with Crippen molar-refractivity contribution in [3.63, 3.8) is 0 Å². The van der Waals surface area contributed by atoms with Gasteiger partial charge in [-0.25, -0.2) is 0 Å². The summed E-state index contributed by atoms with van der Waals surface area (Å²) in [6, 6.07) is 19.5. The van der Waals surface area contributed by atoms with Gasteiger partial charge in [-0.1, -0.05) is 71.8 Å². The predicted octanol–water partition coefficient (Wildman–Crippen LogP) is 5.52. The average Bonchev–Trinajstić information content (AvgIpc) is 2.66. The maximum Gasteiger partial charge on any atom is 0.315 e. The number of rotatable bonds is 6. The van der Waals surface area contributed by atoms with E-state index < -0.39 is 5.97 Å². The van der Waals surface area contributed by atoms with Crippen LogP contribution in [0.4, 0.5) is 11.4 Å². The highest BCUT2D eigenvalue weighted by molar-refractivity contribution is 7.80. The lowest BCUT2D eigenvalue weighted by atomic mass is 10.1. The fraction of sp³-hybridized carbons (Fsp3) is 0.0476. The molecule has 0 fully saturated rings. The highest BCUT2D eigenvalue weighted by Crippen LogP contribution is 2.33. The van der Waals surface area contributed by atoms with Crippen LogP contribution in [0.1, 0.15) is 11.1 Å². The average molecular weight is 431 g/mol. The molecule has 3 aromatic carbocycles. The Bertz CT molecular complexity index is 1020. The van der Waals surface area contributed by atoms with Gasteiger partial charge >= 0.3 is 5.97 Å². The van der Waals surface area contributed by atoms with Crippen molar-refractivity contribution in [2.75, 3.05) is 5.32 Å². The van der Waals surface area contributed by atoms with Crippen LogP contribution < -0.4 is 15.8 Å². The SMILES string of the molecule is NC(=S)c1ccccc1OC(=O)Cc1ccccc1Nc1c(Cl)cccc1Cl. The van der Waals surface area contributed by atoms with E-state index >= 15 is 0 Å². The highest BCUT2D eigenvalue weighted by atomic mass is 35.5. The van der Waals surface area contributed by atoms with Gasteiger partial charge in [-0.15, -0.1) is 0 Å². The molecule has 4 nitrogen and oxygen atoms in total. The minimum atomic E-state index is -0.441. The topological polar surface area (TPSA) is 64.3 Å². The Kier molecular flexibility index (Phi) is 6.52. The molecule has 0 radical (unpaired) electrons. The molecule has 0 saturated heterocycles. The van der Waals surface area contributed by atoms with Crippen LogP contribution in [0.3, 0.4) is 0 Å². The summed E-state index contributed by atoms with van der Waals surface area (Å²) < 4.78 is 5.48. The van der Waals surface area contributed by atoms with E-state index in [0.717, 1.165) is 5.56 Å². The molecule has 0 amide bonds. The monoisotopic (exact) mass is 430 g/mol. The number of hydrogen-bond acceptors (Lipinski definition) is 4. The third-order valence-electron chi connectivity index (χ3n) is 3.95. The fourth-order valence-electron chi connectivity index (χ4n) is 2.62. The summed E-state index contributed by atoms with van der Waals surface area (Å²) in [5.74, 6) is -0.109. The molecule has 0 atom stereocenters. The number of thiocarbonyl (C=S) groups is 1. The quantitative estimate of drug-likeness (QED) is 0.306. The molecular weight excluding hydrogens is 415 g/mol. The fourth-order valence-corrected chi connectivity index (χ4v) is 3.28. The van der Waals surface area contributed by atoms with Gasteiger partial charge < -0.3 is 15.8 Å². The Morgan fingerprint density at radius 1 is 0.964 bits per heavy atom. The normalized spacial score (nSPS) is 10.4. The first-order valence-corrected chi connectivity index (χ1v) is 9.50. The number of carbonyl (C=O) groups is 1. The summed E-state index contributed by atoms with van der Waals surface area (Å²) >= 11 is 17.5. The number of nitrogens with two attached hydrogens (primary N) is 1. The minimum absolute atomic E-state index is 0.0386. The van der Waals surface area contributed by atoms with E-state index in [1.165, 1.54) is 0 Å². The van der Waals surface area contributed by atoms with Crippen LogP contribution in [0.2, 0.25) is 10.0 Å². The number of benzene rings is 3. The summed E-state index contributed by atoms with van der Waals surface area (Å²) in [7, 11) is 0. The first kappa shape index (κ1) is 20.1. The Hall–Kier alpha value is -2.60. The summed E-state index contributed by atoms with van der Waals surface area (Å²) in [4.78, 5) is 12.7. The lowest BCUT2D eigenvalue weighted by molar-refractivity contribution is -0.133. The number of halogens is 2. The maximum atomic E-state index is 12.5. The van der Waals surface area contributed by atoms with Crippen molar-refractivity contribution < 1.29 is 9.53 Å². The smallest absolute Gasteiger partial charge is 0.315 e. The van der Waals surface area contributed by atoms with E-state index in [2.05, 4.69) is 5.32 Å². The van der Waals surface area contributed by atoms with E-state index in [0.29, 0.717) is 32.7 Å². The van der Waals surface area contributed by atoms with Gasteiger partial charge in [-0.05, 0) is 35.9 Å². The standard InChI is InChI=1S/C21H16Cl2N2O2S/c22-15-8-5-9-16(23)20(15)25-17-10-3-1-6-13(17)12-19(26)27-18-11-4-2-7-14(18)21(24)28/h1-11,25H,12H2,(H2,24,28). The second-order valence-corrected chi connectivity index (χ2v) is 7.14. The summed E-state index contributed by atoms with van der Waals surface area (Å²) in [6.07, 6.45) is 0.0386. The van der Waals surface area contributed by atoms with E-state index in [1.807, 2.05) is 24.3 Å². The van der Waals surface area contributed by atoms with Crippen molar-refractivity contribution in [1.82, 2.24) is 0 Å². The minimum Gasteiger partial charge on any atom is -0.426 e. The predicted molar refractivity (Wildman–Crippen MR) is 118 cm³/mol. The lowest BCUT2D eigenvalue weighted by Crippen LogP contribution is -2.16. The van der Waals surface area contributed by atoms with Gasteiger partial charge in [0.2, 0.25) is 0 Å². The van der Waals surface area contributed by atoms with E-state index in [9.17, 15) is 4.79 Å². The molecule has 3 N–H and O–H groups in total. The van der Waals surface area contributed by atoms with Gasteiger partial charge in [-0.3, -0.25) is 4.79 Å². The molecule has 0 saturated carbocycles. The molecule has 0 heterocycles. The van der Waals surface area contributed by atoms with Gasteiger partial charge in [0.15, 0.2) is 0 Å². The summed E-state index contributed by atoms with van der Waals surface area (Å²) in [5.41, 5.74) is 8.21. The molecule has 0 aliphatic heterocycles. The molecule has 7 heteroatoms. The number of esters is 1. The summed E-state index contributed by atoms with van der Waals surface area (Å²) in [6.45, 7) is 0. The number of nitrogens with one attached hydrogen (secondary N) is 1. The van der Waals surface area contributed by atoms with E-state index in [1.54, 1.807) is 42.5 Å². The molecule has 142 valence electrons. The van der Waals surface area contributed by atoms with Gasteiger partial charge in [0.25, 0.3) is 0 Å². The Labute approximate surface area is 178 Å². The molecule has 3 aromatic rings. The molecule has 0 aliphatic rings. The van der Waals surface area contributed by atoms with Gasteiger partial charge in [0.05, 0.1) is 27.7 Å². The summed E-state index contributed by atoms with van der Waals surface area (Å²) in [5, 5.41) is 4.16. The van der Waals surface area contributed by atoms with Gasteiger partial charge in [0.1, 0.15) is 10.7 Å². The van der Waals surface area contributed by atoms with Crippen LogP contribution in [0.25, 0.3) is 0 Å². The van der Waals surface area contributed by atoms with E-state index in [-0.39, 0.29) is 11.4 Å². The molecule has 0 aromatic heterocycles. The van der Waals surface area contributed by atoms with Crippen molar-refractivity contribution in [3.05, 3.63) is 87.9 Å². The zero-order chi connectivity index (χ0) is 20.1. The Balaban J connectivity index is 1.80. The number of carbonyl (C=O) groups excluding carboxylic acids is 1. The number of anilines is 2. The third-order valence-corrected chi connectivity index (χ3v) is 4.80. The second kappa shape index (κ2) is 9.06. The number of ether oxygens (including phenoxy) is 1. The third kappa shape index (κ3) is 4.81. The lowest BCUT2D eigenvalue weighted by Gasteiger charge is -2.14. The molecule has 0 unspecified atom stereocenters. The maximum absolute atomic E-state index is 12.5. The largest absolute Gasteiger partial charge is 0.426 e. The van der Waals surface area contributed by atoms with Gasteiger partial charge in [0, 0.05) is 5.69 Å².